The number of likely N-dealkylation sites (N-methyl/N-ethyl adjacent to an activating group) is 1. The molecule has 5 heteroatoms. The Morgan fingerprint density at radius 3 is 2.26 bits per heavy atom. The molecule has 1 aromatic carbocycles. The van der Waals surface area contributed by atoms with E-state index in [9.17, 15) is 0 Å². The zero-order valence-corrected chi connectivity index (χ0v) is 15.0. The standard InChI is InChI=1S/C14H21Br2NO2/c1-5-17-8-14(9(2)3)19-13-7-10(15)12(18-4)6-11(13)16/h6-7,9,14,17H,5,8H2,1-4H3. The van der Waals surface area contributed by atoms with Gasteiger partial charge in [-0.3, -0.25) is 0 Å². The highest BCUT2D eigenvalue weighted by Crippen LogP contribution is 2.36. The molecule has 108 valence electrons. The summed E-state index contributed by atoms with van der Waals surface area (Å²) in [4.78, 5) is 0. The van der Waals surface area contributed by atoms with E-state index in [2.05, 4.69) is 57.9 Å². The number of methoxy groups -OCH3 is 1. The Bertz CT molecular complexity index is 411. The first-order valence-electron chi connectivity index (χ1n) is 6.40. The molecule has 0 aliphatic heterocycles. The van der Waals surface area contributed by atoms with E-state index in [1.165, 1.54) is 0 Å². The second-order valence-corrected chi connectivity index (χ2v) is 6.33. The molecular weight excluding hydrogens is 374 g/mol. The monoisotopic (exact) mass is 393 g/mol. The van der Waals surface area contributed by atoms with Gasteiger partial charge in [0.2, 0.25) is 0 Å². The maximum absolute atomic E-state index is 6.09. The molecule has 0 aliphatic carbocycles. The van der Waals surface area contributed by atoms with Crippen molar-refractivity contribution in [1.82, 2.24) is 5.32 Å². The van der Waals surface area contributed by atoms with E-state index in [4.69, 9.17) is 9.47 Å². The highest BCUT2D eigenvalue weighted by Gasteiger charge is 2.17. The van der Waals surface area contributed by atoms with Crippen molar-refractivity contribution >= 4 is 31.9 Å². The summed E-state index contributed by atoms with van der Waals surface area (Å²) in [6.07, 6.45) is 0.136. The molecule has 1 unspecified atom stereocenters. The zero-order chi connectivity index (χ0) is 14.4. The van der Waals surface area contributed by atoms with Gasteiger partial charge in [0.05, 0.1) is 16.1 Å². The molecular formula is C14H21Br2NO2. The predicted molar refractivity (Wildman–Crippen MR) is 86.2 cm³/mol. The molecule has 1 rings (SSSR count). The lowest BCUT2D eigenvalue weighted by Crippen LogP contribution is -2.35. The lowest BCUT2D eigenvalue weighted by Gasteiger charge is -2.24. The van der Waals surface area contributed by atoms with Crippen LogP contribution >= 0.6 is 31.9 Å². The number of hydrogen-bond acceptors (Lipinski definition) is 3. The van der Waals surface area contributed by atoms with Gasteiger partial charge in [-0.05, 0) is 56.5 Å². The van der Waals surface area contributed by atoms with Crippen molar-refractivity contribution in [3.8, 4) is 11.5 Å². The second-order valence-electron chi connectivity index (χ2n) is 4.63. The number of benzene rings is 1. The summed E-state index contributed by atoms with van der Waals surface area (Å²) >= 11 is 7.00. The summed E-state index contributed by atoms with van der Waals surface area (Å²) in [5.41, 5.74) is 0. The van der Waals surface area contributed by atoms with Gasteiger partial charge < -0.3 is 14.8 Å². The fraction of sp³-hybridized carbons (Fsp3) is 0.571. The van der Waals surface area contributed by atoms with Crippen molar-refractivity contribution in [3.05, 3.63) is 21.1 Å². The number of rotatable bonds is 7. The average molecular weight is 395 g/mol. The Morgan fingerprint density at radius 1 is 1.16 bits per heavy atom. The van der Waals surface area contributed by atoms with Gasteiger partial charge >= 0.3 is 0 Å². The maximum atomic E-state index is 6.09. The lowest BCUT2D eigenvalue weighted by molar-refractivity contribution is 0.148. The molecule has 0 bridgehead atoms. The molecule has 0 saturated heterocycles. The van der Waals surface area contributed by atoms with Crippen molar-refractivity contribution in [2.24, 2.45) is 5.92 Å². The van der Waals surface area contributed by atoms with Gasteiger partial charge in [0.25, 0.3) is 0 Å². The molecule has 0 fully saturated rings. The van der Waals surface area contributed by atoms with Crippen LogP contribution in [0.2, 0.25) is 0 Å². The summed E-state index contributed by atoms with van der Waals surface area (Å²) in [5.74, 6) is 2.04. The molecule has 0 radical (unpaired) electrons. The maximum Gasteiger partial charge on any atom is 0.135 e. The van der Waals surface area contributed by atoms with E-state index in [0.29, 0.717) is 5.92 Å². The molecule has 1 atom stereocenters. The van der Waals surface area contributed by atoms with E-state index in [-0.39, 0.29) is 6.10 Å². The molecule has 1 N–H and O–H groups in total. The Hall–Kier alpha value is -0.260. The van der Waals surface area contributed by atoms with Gasteiger partial charge in [-0.15, -0.1) is 0 Å². The number of hydrogen-bond donors (Lipinski definition) is 1. The minimum atomic E-state index is 0.136. The highest BCUT2D eigenvalue weighted by atomic mass is 79.9. The minimum Gasteiger partial charge on any atom is -0.496 e. The van der Waals surface area contributed by atoms with Crippen LogP contribution in [-0.4, -0.2) is 26.3 Å². The topological polar surface area (TPSA) is 30.5 Å². The summed E-state index contributed by atoms with van der Waals surface area (Å²) in [5, 5.41) is 3.33. The van der Waals surface area contributed by atoms with E-state index in [0.717, 1.165) is 33.5 Å². The first kappa shape index (κ1) is 16.8. The Kier molecular flexibility index (Phi) is 7.18. The summed E-state index contributed by atoms with van der Waals surface area (Å²) in [6.45, 7) is 8.20. The largest absolute Gasteiger partial charge is 0.496 e. The van der Waals surface area contributed by atoms with Crippen LogP contribution in [0.1, 0.15) is 20.8 Å². The van der Waals surface area contributed by atoms with Gasteiger partial charge in [-0.1, -0.05) is 20.8 Å². The lowest BCUT2D eigenvalue weighted by atomic mass is 10.1. The molecule has 0 heterocycles. The van der Waals surface area contributed by atoms with E-state index < -0.39 is 0 Å². The number of ether oxygens (including phenoxy) is 2. The summed E-state index contributed by atoms with van der Waals surface area (Å²) in [7, 11) is 1.65. The smallest absolute Gasteiger partial charge is 0.135 e. The first-order chi connectivity index (χ1) is 8.99. The molecule has 0 spiro atoms. The van der Waals surface area contributed by atoms with Gasteiger partial charge in [0.1, 0.15) is 17.6 Å². The molecule has 1 aromatic rings. The predicted octanol–water partition coefficient (Wildman–Crippen LogP) is 4.23. The van der Waals surface area contributed by atoms with Crippen LogP contribution in [0.25, 0.3) is 0 Å². The molecule has 0 saturated carbocycles. The van der Waals surface area contributed by atoms with Gasteiger partial charge in [-0.2, -0.15) is 0 Å². The van der Waals surface area contributed by atoms with Gasteiger partial charge in [0.15, 0.2) is 0 Å². The Balaban J connectivity index is 2.87. The van der Waals surface area contributed by atoms with Crippen molar-refractivity contribution in [1.29, 1.82) is 0 Å². The van der Waals surface area contributed by atoms with Crippen molar-refractivity contribution < 1.29 is 9.47 Å². The number of nitrogens with one attached hydrogen (secondary N) is 1. The average Bonchev–Trinajstić information content (AvgIpc) is 2.37. The van der Waals surface area contributed by atoms with Crippen molar-refractivity contribution in [2.75, 3.05) is 20.2 Å². The minimum absolute atomic E-state index is 0.136. The van der Waals surface area contributed by atoms with E-state index in [1.54, 1.807) is 7.11 Å². The van der Waals surface area contributed by atoms with E-state index in [1.807, 2.05) is 12.1 Å². The summed E-state index contributed by atoms with van der Waals surface area (Å²) < 4.78 is 13.1. The Labute approximate surface area is 132 Å². The molecule has 0 aliphatic rings. The van der Waals surface area contributed by atoms with Crippen molar-refractivity contribution in [2.45, 2.75) is 26.9 Å². The first-order valence-corrected chi connectivity index (χ1v) is 7.98. The van der Waals surface area contributed by atoms with Gasteiger partial charge in [-0.25, -0.2) is 0 Å². The quantitative estimate of drug-likeness (QED) is 0.750. The summed E-state index contributed by atoms with van der Waals surface area (Å²) in [6, 6.07) is 3.84. The van der Waals surface area contributed by atoms with Crippen LogP contribution in [-0.2, 0) is 0 Å². The van der Waals surface area contributed by atoms with Crippen LogP contribution in [0.5, 0.6) is 11.5 Å². The van der Waals surface area contributed by atoms with Crippen LogP contribution in [0.3, 0.4) is 0 Å². The van der Waals surface area contributed by atoms with Crippen LogP contribution < -0.4 is 14.8 Å². The van der Waals surface area contributed by atoms with Crippen LogP contribution in [0.4, 0.5) is 0 Å². The second kappa shape index (κ2) is 8.12. The van der Waals surface area contributed by atoms with Crippen LogP contribution in [0.15, 0.2) is 21.1 Å². The SMILES string of the molecule is CCNCC(Oc1cc(Br)c(OC)cc1Br)C(C)C. The third kappa shape index (κ3) is 4.97. The van der Waals surface area contributed by atoms with E-state index >= 15 is 0 Å². The molecule has 0 amide bonds. The number of halogens is 2. The fourth-order valence-corrected chi connectivity index (χ4v) is 2.52. The molecule has 0 aromatic heterocycles. The van der Waals surface area contributed by atoms with Gasteiger partial charge in [0, 0.05) is 6.54 Å². The van der Waals surface area contributed by atoms with Crippen molar-refractivity contribution in [3.63, 3.8) is 0 Å². The molecule has 3 nitrogen and oxygen atoms in total. The zero-order valence-electron chi connectivity index (χ0n) is 11.8. The third-order valence-electron chi connectivity index (χ3n) is 2.82. The fourth-order valence-electron chi connectivity index (χ4n) is 1.62. The normalized spacial score (nSPS) is 12.6. The van der Waals surface area contributed by atoms with Crippen LogP contribution in [0, 0.1) is 5.92 Å². The third-order valence-corrected chi connectivity index (χ3v) is 4.06. The Morgan fingerprint density at radius 2 is 1.74 bits per heavy atom. The highest BCUT2D eigenvalue weighted by molar-refractivity contribution is 9.11. The molecule has 19 heavy (non-hydrogen) atoms.